The third kappa shape index (κ3) is 3.58. The summed E-state index contributed by atoms with van der Waals surface area (Å²) in [5.41, 5.74) is -0.956. The molecule has 1 aromatic carbocycles. The Balaban J connectivity index is 3.21. The van der Waals surface area contributed by atoms with Gasteiger partial charge in [0, 0.05) is 12.6 Å². The molecule has 0 saturated carbocycles. The van der Waals surface area contributed by atoms with Crippen molar-refractivity contribution in [1.82, 2.24) is 4.72 Å². The monoisotopic (exact) mass is 288 g/mol. The maximum atomic E-state index is 13.5. The maximum Gasteiger partial charge on any atom is 0.306 e. The van der Waals surface area contributed by atoms with E-state index in [-0.39, 0.29) is 17.0 Å². The summed E-state index contributed by atoms with van der Waals surface area (Å²) in [7, 11) is -3.90. The molecule has 0 aliphatic heterocycles. The van der Waals surface area contributed by atoms with Crippen molar-refractivity contribution in [1.29, 1.82) is 0 Å². The topological polar surface area (TPSA) is 89.3 Å². The molecule has 0 atom stereocenters. The first kappa shape index (κ1) is 15.3. The molecule has 0 aliphatic rings. The summed E-state index contributed by atoms with van der Waals surface area (Å²) in [6.45, 7) is 4.83. The number of rotatable bonds is 6. The largest absolute Gasteiger partial charge is 0.306 e. The molecule has 0 unspecified atom stereocenters. The fraction of sp³-hybridized carbons (Fsp3) is 0.273. The van der Waals surface area contributed by atoms with Crippen LogP contribution in [0.1, 0.15) is 12.0 Å². The Bertz CT molecular complexity index is 613. The van der Waals surface area contributed by atoms with E-state index >= 15 is 0 Å². The lowest BCUT2D eigenvalue weighted by Gasteiger charge is -2.07. The van der Waals surface area contributed by atoms with E-state index in [4.69, 9.17) is 0 Å². The first-order chi connectivity index (χ1) is 8.79. The van der Waals surface area contributed by atoms with Crippen molar-refractivity contribution in [3.63, 3.8) is 0 Å². The quantitative estimate of drug-likeness (QED) is 0.374. The molecule has 1 rings (SSSR count). The predicted octanol–water partition coefficient (Wildman–Crippen LogP) is 1.90. The van der Waals surface area contributed by atoms with E-state index in [0.29, 0.717) is 12.5 Å². The number of nitro benzene ring substituents is 1. The highest BCUT2D eigenvalue weighted by molar-refractivity contribution is 7.89. The van der Waals surface area contributed by atoms with E-state index in [1.165, 1.54) is 13.0 Å². The molecule has 0 spiro atoms. The fourth-order valence-electron chi connectivity index (χ4n) is 1.39. The molecule has 0 amide bonds. The van der Waals surface area contributed by atoms with E-state index < -0.39 is 26.5 Å². The zero-order valence-corrected chi connectivity index (χ0v) is 11.0. The molecule has 6 nitrogen and oxygen atoms in total. The molecule has 0 aliphatic carbocycles. The van der Waals surface area contributed by atoms with Gasteiger partial charge in [-0.05, 0) is 25.0 Å². The van der Waals surface area contributed by atoms with Crippen LogP contribution in [0.2, 0.25) is 0 Å². The number of nitro groups is 1. The molecule has 0 fully saturated rings. The second kappa shape index (κ2) is 5.89. The number of sulfonamides is 1. The van der Waals surface area contributed by atoms with Gasteiger partial charge in [-0.15, -0.1) is 6.58 Å². The third-order valence-corrected chi connectivity index (χ3v) is 3.80. The van der Waals surface area contributed by atoms with Gasteiger partial charge in [0.1, 0.15) is 0 Å². The number of halogens is 1. The Kier molecular flexibility index (Phi) is 4.73. The number of hydrogen-bond donors (Lipinski definition) is 1. The summed E-state index contributed by atoms with van der Waals surface area (Å²) in [6.07, 6.45) is 1.95. The van der Waals surface area contributed by atoms with Crippen LogP contribution in [0, 0.1) is 22.9 Å². The molecule has 1 aromatic rings. The fourth-order valence-corrected chi connectivity index (χ4v) is 2.54. The molecule has 0 radical (unpaired) electrons. The van der Waals surface area contributed by atoms with Gasteiger partial charge in [0.2, 0.25) is 15.8 Å². The lowest BCUT2D eigenvalue weighted by atomic mass is 10.2. The van der Waals surface area contributed by atoms with E-state index in [0.717, 1.165) is 6.07 Å². The minimum Gasteiger partial charge on any atom is -0.258 e. The Morgan fingerprint density at radius 2 is 2.16 bits per heavy atom. The summed E-state index contributed by atoms with van der Waals surface area (Å²) in [6, 6.07) is 1.76. The average Bonchev–Trinajstić information content (AvgIpc) is 2.32. The third-order valence-electron chi connectivity index (χ3n) is 2.36. The molecule has 0 bridgehead atoms. The van der Waals surface area contributed by atoms with Gasteiger partial charge < -0.3 is 0 Å². The molecule has 0 saturated heterocycles. The summed E-state index contributed by atoms with van der Waals surface area (Å²) >= 11 is 0. The smallest absolute Gasteiger partial charge is 0.258 e. The van der Waals surface area contributed by atoms with Crippen LogP contribution in [-0.2, 0) is 10.0 Å². The van der Waals surface area contributed by atoms with Gasteiger partial charge >= 0.3 is 5.69 Å². The average molecular weight is 288 g/mol. The second-order valence-electron chi connectivity index (χ2n) is 3.81. The summed E-state index contributed by atoms with van der Waals surface area (Å²) in [5, 5.41) is 10.7. The molecule has 0 heterocycles. The van der Waals surface area contributed by atoms with Gasteiger partial charge in [-0.25, -0.2) is 13.1 Å². The van der Waals surface area contributed by atoms with Crippen molar-refractivity contribution in [2.45, 2.75) is 18.2 Å². The van der Waals surface area contributed by atoms with Crippen molar-refractivity contribution in [3.8, 4) is 0 Å². The molecular weight excluding hydrogens is 275 g/mol. The molecule has 8 heteroatoms. The van der Waals surface area contributed by atoms with Crippen LogP contribution in [0.3, 0.4) is 0 Å². The van der Waals surface area contributed by atoms with E-state index in [9.17, 15) is 22.9 Å². The van der Waals surface area contributed by atoms with Crippen LogP contribution in [0.4, 0.5) is 10.1 Å². The number of nitrogens with zero attached hydrogens (tertiary/aromatic N) is 1. The van der Waals surface area contributed by atoms with E-state index in [1.54, 1.807) is 0 Å². The van der Waals surface area contributed by atoms with Crippen LogP contribution < -0.4 is 4.72 Å². The normalized spacial score (nSPS) is 11.3. The minimum absolute atomic E-state index is 0.0988. The van der Waals surface area contributed by atoms with Crippen molar-refractivity contribution in [2.24, 2.45) is 0 Å². The molecular formula is C11H13FN2O4S. The number of nitrogens with one attached hydrogen (secondary N) is 1. The highest BCUT2D eigenvalue weighted by Gasteiger charge is 2.23. The number of benzene rings is 1. The van der Waals surface area contributed by atoms with Gasteiger partial charge in [-0.3, -0.25) is 10.1 Å². The SMILES string of the molecule is C=CCCNS(=O)(=O)c1cc(C)c(F)c([N+](=O)[O-])c1. The Morgan fingerprint density at radius 3 is 2.68 bits per heavy atom. The van der Waals surface area contributed by atoms with Crippen LogP contribution in [0.25, 0.3) is 0 Å². The molecule has 0 aromatic heterocycles. The zero-order valence-electron chi connectivity index (χ0n) is 10.2. The molecule has 19 heavy (non-hydrogen) atoms. The van der Waals surface area contributed by atoms with Crippen molar-refractivity contribution in [2.75, 3.05) is 6.54 Å². The first-order valence-electron chi connectivity index (χ1n) is 5.34. The molecule has 104 valence electrons. The Morgan fingerprint density at radius 1 is 1.53 bits per heavy atom. The second-order valence-corrected chi connectivity index (χ2v) is 5.57. The zero-order chi connectivity index (χ0) is 14.6. The molecule has 1 N–H and O–H groups in total. The minimum atomic E-state index is -3.90. The van der Waals surface area contributed by atoms with Crippen molar-refractivity contribution in [3.05, 3.63) is 46.3 Å². The van der Waals surface area contributed by atoms with Crippen LogP contribution >= 0.6 is 0 Å². The highest BCUT2D eigenvalue weighted by Crippen LogP contribution is 2.24. The van der Waals surface area contributed by atoms with Gasteiger partial charge in [-0.1, -0.05) is 6.08 Å². The standard InChI is InChI=1S/C11H13FN2O4S/c1-3-4-5-13-19(17,18)9-6-8(2)11(12)10(7-9)14(15)16/h3,6-7,13H,1,4-5H2,2H3. The lowest BCUT2D eigenvalue weighted by Crippen LogP contribution is -2.24. The van der Waals surface area contributed by atoms with E-state index in [2.05, 4.69) is 11.3 Å². The Labute approximate surface area is 110 Å². The Hall–Kier alpha value is -1.80. The summed E-state index contributed by atoms with van der Waals surface area (Å²) in [5.74, 6) is -1.03. The maximum absolute atomic E-state index is 13.5. The van der Waals surface area contributed by atoms with Gasteiger partial charge in [0.15, 0.2) is 0 Å². The van der Waals surface area contributed by atoms with Gasteiger partial charge in [0.05, 0.1) is 9.82 Å². The van der Waals surface area contributed by atoms with Gasteiger partial charge in [0.25, 0.3) is 0 Å². The summed E-state index contributed by atoms with van der Waals surface area (Å²) in [4.78, 5) is 9.37. The first-order valence-corrected chi connectivity index (χ1v) is 6.83. The number of hydrogen-bond acceptors (Lipinski definition) is 4. The van der Waals surface area contributed by atoms with Crippen LogP contribution in [0.15, 0.2) is 29.7 Å². The van der Waals surface area contributed by atoms with Gasteiger partial charge in [-0.2, -0.15) is 4.39 Å². The summed E-state index contributed by atoms with van der Waals surface area (Å²) < 4.78 is 39.4. The number of aryl methyl sites for hydroxylation is 1. The highest BCUT2D eigenvalue weighted by atomic mass is 32.2. The van der Waals surface area contributed by atoms with Crippen molar-refractivity contribution >= 4 is 15.7 Å². The predicted molar refractivity (Wildman–Crippen MR) is 67.8 cm³/mol. The van der Waals surface area contributed by atoms with Crippen molar-refractivity contribution < 1.29 is 17.7 Å². The van der Waals surface area contributed by atoms with Crippen LogP contribution in [-0.4, -0.2) is 19.9 Å². The lowest BCUT2D eigenvalue weighted by molar-refractivity contribution is -0.387. The van der Waals surface area contributed by atoms with E-state index in [1.807, 2.05) is 0 Å². The van der Waals surface area contributed by atoms with Crippen LogP contribution in [0.5, 0.6) is 0 Å².